The van der Waals surface area contributed by atoms with Crippen LogP contribution in [0, 0.1) is 6.92 Å². The van der Waals surface area contributed by atoms with Gasteiger partial charge in [-0.3, -0.25) is 0 Å². The predicted octanol–water partition coefficient (Wildman–Crippen LogP) is 0.0287. The number of hydrazone groups is 1. The van der Waals surface area contributed by atoms with E-state index in [1.165, 1.54) is 12.1 Å². The fourth-order valence-electron chi connectivity index (χ4n) is 0.882. The number of nitrogens with one attached hydrogen (secondary N) is 2. The highest BCUT2D eigenvalue weighted by atomic mass is 32.2. The van der Waals surface area contributed by atoms with E-state index in [0.29, 0.717) is 0 Å². The van der Waals surface area contributed by atoms with Gasteiger partial charge in [0.05, 0.1) is 4.90 Å². The van der Waals surface area contributed by atoms with Crippen molar-refractivity contribution in [1.82, 2.24) is 10.4 Å². The molecule has 0 aliphatic rings. The zero-order valence-electron chi connectivity index (χ0n) is 7.89. The molecule has 1 aromatic rings. The Kier molecular flexibility index (Phi) is 3.56. The normalized spacial score (nSPS) is 10.5. The Labute approximate surface area is 87.0 Å². The maximum Gasteiger partial charge on any atom is 0.259 e. The van der Waals surface area contributed by atoms with Crippen LogP contribution >= 0.6 is 0 Å². The van der Waals surface area contributed by atoms with Gasteiger partial charge in [0.1, 0.15) is 0 Å². The minimum atomic E-state index is -3.68. The van der Waals surface area contributed by atoms with Gasteiger partial charge in [-0.15, -0.1) is 4.83 Å². The van der Waals surface area contributed by atoms with Gasteiger partial charge in [0.25, 0.3) is 16.1 Å². The molecule has 6 nitrogen and oxygen atoms in total. The van der Waals surface area contributed by atoms with Gasteiger partial charge >= 0.3 is 0 Å². The highest BCUT2D eigenvalue weighted by molar-refractivity contribution is 7.89. The lowest BCUT2D eigenvalue weighted by atomic mass is 10.2. The SMILES string of the molecule is Cc1ccc(S(=O)(=O)NNN=C=O)cc1. The number of benzene rings is 1. The van der Waals surface area contributed by atoms with E-state index in [-0.39, 0.29) is 4.90 Å². The van der Waals surface area contributed by atoms with Crippen LogP contribution in [0.4, 0.5) is 0 Å². The average Bonchev–Trinajstić information content (AvgIpc) is 2.18. The first-order valence-corrected chi connectivity index (χ1v) is 5.45. The average molecular weight is 227 g/mol. The summed E-state index contributed by atoms with van der Waals surface area (Å²) in [5.74, 6) is 0. The lowest BCUT2D eigenvalue weighted by Crippen LogP contribution is -2.33. The maximum atomic E-state index is 11.5. The Morgan fingerprint density at radius 3 is 2.40 bits per heavy atom. The molecule has 15 heavy (non-hydrogen) atoms. The number of rotatable bonds is 4. The third kappa shape index (κ3) is 3.17. The topological polar surface area (TPSA) is 87.6 Å². The van der Waals surface area contributed by atoms with Crippen LogP contribution in [0.25, 0.3) is 0 Å². The van der Waals surface area contributed by atoms with E-state index in [9.17, 15) is 13.2 Å². The van der Waals surface area contributed by atoms with Crippen molar-refractivity contribution >= 4 is 16.1 Å². The van der Waals surface area contributed by atoms with Gasteiger partial charge in [-0.05, 0) is 19.1 Å². The van der Waals surface area contributed by atoms with Crippen molar-refractivity contribution in [3.8, 4) is 0 Å². The Balaban J connectivity index is 2.86. The van der Waals surface area contributed by atoms with Gasteiger partial charge in [0, 0.05) is 0 Å². The largest absolute Gasteiger partial charge is 0.259 e. The van der Waals surface area contributed by atoms with E-state index < -0.39 is 10.0 Å². The van der Waals surface area contributed by atoms with Gasteiger partial charge in [0.15, 0.2) is 0 Å². The molecular weight excluding hydrogens is 218 g/mol. The summed E-state index contributed by atoms with van der Waals surface area (Å²) in [5, 5.41) is 2.85. The number of aryl methyl sites for hydroxylation is 1. The van der Waals surface area contributed by atoms with Crippen molar-refractivity contribution < 1.29 is 13.2 Å². The van der Waals surface area contributed by atoms with Crippen molar-refractivity contribution in [2.75, 3.05) is 0 Å². The molecule has 0 saturated carbocycles. The quantitative estimate of drug-likeness (QED) is 0.431. The van der Waals surface area contributed by atoms with Crippen LogP contribution < -0.4 is 10.4 Å². The van der Waals surface area contributed by atoms with Gasteiger partial charge in [-0.25, -0.2) is 18.7 Å². The minimum Gasteiger partial charge on any atom is -0.218 e. The van der Waals surface area contributed by atoms with Crippen LogP contribution in [0.2, 0.25) is 0 Å². The second kappa shape index (κ2) is 4.70. The molecule has 0 fully saturated rings. The molecule has 0 amide bonds. The van der Waals surface area contributed by atoms with E-state index in [4.69, 9.17) is 0 Å². The number of isocyanates is 1. The van der Waals surface area contributed by atoms with Gasteiger partial charge in [0.2, 0.25) is 0 Å². The molecule has 0 aliphatic heterocycles. The predicted molar refractivity (Wildman–Crippen MR) is 52.8 cm³/mol. The third-order valence-corrected chi connectivity index (χ3v) is 2.87. The second-order valence-corrected chi connectivity index (χ2v) is 4.42. The molecule has 0 saturated heterocycles. The highest BCUT2D eigenvalue weighted by Gasteiger charge is 2.12. The highest BCUT2D eigenvalue weighted by Crippen LogP contribution is 2.08. The first-order valence-electron chi connectivity index (χ1n) is 3.96. The number of nitrogens with zero attached hydrogens (tertiary/aromatic N) is 1. The molecule has 2 N–H and O–H groups in total. The molecule has 7 heteroatoms. The summed E-state index contributed by atoms with van der Waals surface area (Å²) < 4.78 is 22.9. The molecule has 0 aromatic heterocycles. The van der Waals surface area contributed by atoms with E-state index in [1.807, 2.05) is 17.3 Å². The van der Waals surface area contributed by atoms with Crippen LogP contribution in [0.15, 0.2) is 34.3 Å². The molecule has 1 rings (SSSR count). The molecule has 0 unspecified atom stereocenters. The lowest BCUT2D eigenvalue weighted by molar-refractivity contribution is 0.545. The summed E-state index contributed by atoms with van der Waals surface area (Å²) in [7, 11) is -3.68. The molecule has 0 atom stereocenters. The van der Waals surface area contributed by atoms with Crippen LogP contribution in [0.3, 0.4) is 0 Å². The lowest BCUT2D eigenvalue weighted by Gasteiger charge is -2.04. The smallest absolute Gasteiger partial charge is 0.218 e. The number of hydrogen-bond acceptors (Lipinski definition) is 5. The van der Waals surface area contributed by atoms with E-state index >= 15 is 0 Å². The van der Waals surface area contributed by atoms with Crippen molar-refractivity contribution in [1.29, 1.82) is 0 Å². The van der Waals surface area contributed by atoms with Gasteiger partial charge < -0.3 is 0 Å². The van der Waals surface area contributed by atoms with E-state index in [2.05, 4.69) is 5.10 Å². The Hall–Kier alpha value is -1.69. The number of sulfonamides is 1. The van der Waals surface area contributed by atoms with Crippen molar-refractivity contribution in [2.24, 2.45) is 5.10 Å². The molecule has 80 valence electrons. The molecule has 1 aromatic carbocycles. The first kappa shape index (κ1) is 11.4. The molecule has 0 radical (unpaired) electrons. The van der Waals surface area contributed by atoms with E-state index in [0.717, 1.165) is 11.6 Å². The van der Waals surface area contributed by atoms with Crippen LogP contribution in [-0.4, -0.2) is 14.5 Å². The van der Waals surface area contributed by atoms with Crippen LogP contribution in [-0.2, 0) is 14.8 Å². The van der Waals surface area contributed by atoms with Crippen LogP contribution in [0.1, 0.15) is 5.56 Å². The molecule has 0 bridgehead atoms. The molecule has 0 heterocycles. The zero-order chi connectivity index (χ0) is 11.3. The van der Waals surface area contributed by atoms with Gasteiger partial charge in [-0.2, -0.15) is 0 Å². The van der Waals surface area contributed by atoms with Crippen molar-refractivity contribution in [2.45, 2.75) is 11.8 Å². The van der Waals surface area contributed by atoms with Crippen LogP contribution in [0.5, 0.6) is 0 Å². The summed E-state index contributed by atoms with van der Waals surface area (Å²) in [6.07, 6.45) is 1.14. The third-order valence-electron chi connectivity index (χ3n) is 1.61. The monoisotopic (exact) mass is 227 g/mol. The number of hydrazine groups is 1. The fraction of sp³-hybridized carbons (Fsp3) is 0.125. The maximum absolute atomic E-state index is 11.5. The summed E-state index contributed by atoms with van der Waals surface area (Å²) in [6.45, 7) is 1.85. The second-order valence-electron chi connectivity index (χ2n) is 2.73. The Morgan fingerprint density at radius 2 is 1.87 bits per heavy atom. The number of carbonyl (C=O) groups excluding carboxylic acids is 1. The molecular formula is C8H9N3O3S. The zero-order valence-corrected chi connectivity index (χ0v) is 8.71. The summed E-state index contributed by atoms with van der Waals surface area (Å²) >= 11 is 0. The number of hydrogen-bond donors (Lipinski definition) is 2. The first-order chi connectivity index (χ1) is 7.06. The molecule has 0 aliphatic carbocycles. The fourth-order valence-corrected chi connectivity index (χ4v) is 1.66. The van der Waals surface area contributed by atoms with Crippen molar-refractivity contribution in [3.05, 3.63) is 29.8 Å². The minimum absolute atomic E-state index is 0.0849. The summed E-state index contributed by atoms with van der Waals surface area (Å²) in [6, 6.07) is 6.23. The van der Waals surface area contributed by atoms with Gasteiger partial charge in [-0.1, -0.05) is 22.8 Å². The van der Waals surface area contributed by atoms with E-state index in [1.54, 1.807) is 12.1 Å². The van der Waals surface area contributed by atoms with Crippen molar-refractivity contribution in [3.63, 3.8) is 0 Å². The Bertz CT molecular complexity index is 474. The standard InChI is InChI=1S/C8H9N3O3S/c1-7-2-4-8(5-3-7)15(13,14)11-10-9-6-12/h2-5,10-11H,1H3. The Morgan fingerprint density at radius 1 is 1.27 bits per heavy atom. The summed E-state index contributed by atoms with van der Waals surface area (Å²) in [5.41, 5.74) is 2.80. The molecule has 0 spiro atoms. The summed E-state index contributed by atoms with van der Waals surface area (Å²) in [4.78, 5) is 11.7.